The first kappa shape index (κ1) is 16.0. The fourth-order valence-electron chi connectivity index (χ4n) is 4.65. The van der Waals surface area contributed by atoms with E-state index >= 15 is 0 Å². The summed E-state index contributed by atoms with van der Waals surface area (Å²) in [5, 5.41) is 0.0168. The summed E-state index contributed by atoms with van der Waals surface area (Å²) in [6.07, 6.45) is 5.73. The standard InChI is InChI=1S/C14H20INO4S2/c15-7-11(17)20-13-9-6-10-14(21-9)12(13)16(22(10,18)19)8-4-2-1-3-5-8/h8-10,12-14H,1-7H2. The SMILES string of the molecule is O=C(CI)OC1C2CC3C(S2)C1N(C1CCCCC1)S3(=O)=O. The van der Waals surface area contributed by atoms with Crippen molar-refractivity contribution >= 4 is 50.3 Å². The topological polar surface area (TPSA) is 63.7 Å². The van der Waals surface area contributed by atoms with Gasteiger partial charge >= 0.3 is 5.97 Å². The molecule has 3 saturated heterocycles. The minimum absolute atomic E-state index is 0.101. The molecule has 1 saturated carbocycles. The van der Waals surface area contributed by atoms with Gasteiger partial charge in [-0.3, -0.25) is 4.79 Å². The van der Waals surface area contributed by atoms with Crippen LogP contribution in [0.15, 0.2) is 0 Å². The van der Waals surface area contributed by atoms with Crippen molar-refractivity contribution in [1.29, 1.82) is 0 Å². The van der Waals surface area contributed by atoms with E-state index < -0.39 is 10.0 Å². The van der Waals surface area contributed by atoms with Crippen LogP contribution in [0.5, 0.6) is 0 Å². The van der Waals surface area contributed by atoms with Crippen LogP contribution in [0, 0.1) is 0 Å². The Labute approximate surface area is 149 Å². The number of ether oxygens (including phenoxy) is 1. The van der Waals surface area contributed by atoms with Crippen LogP contribution < -0.4 is 0 Å². The van der Waals surface area contributed by atoms with Crippen molar-refractivity contribution < 1.29 is 17.9 Å². The number of hydrogen-bond donors (Lipinski definition) is 0. The molecule has 3 aliphatic heterocycles. The second kappa shape index (κ2) is 5.77. The number of carbonyl (C=O) groups is 1. The Morgan fingerprint density at radius 1 is 1.27 bits per heavy atom. The van der Waals surface area contributed by atoms with Crippen LogP contribution in [0.1, 0.15) is 38.5 Å². The lowest BCUT2D eigenvalue weighted by atomic mass is 9.89. The summed E-state index contributed by atoms with van der Waals surface area (Å²) in [7, 11) is -3.23. The first-order chi connectivity index (χ1) is 10.5. The van der Waals surface area contributed by atoms with E-state index in [-0.39, 0.29) is 39.9 Å². The maximum Gasteiger partial charge on any atom is 0.316 e. The van der Waals surface area contributed by atoms with E-state index in [1.807, 2.05) is 22.6 Å². The van der Waals surface area contributed by atoms with Crippen LogP contribution in [0.3, 0.4) is 0 Å². The molecule has 0 aromatic heterocycles. The summed E-state index contributed by atoms with van der Waals surface area (Å²) in [6.45, 7) is 0. The van der Waals surface area contributed by atoms with Crippen LogP contribution in [0.4, 0.5) is 0 Å². The minimum atomic E-state index is -3.23. The van der Waals surface area contributed by atoms with Gasteiger partial charge in [0.15, 0.2) is 0 Å². The highest BCUT2D eigenvalue weighted by molar-refractivity contribution is 14.1. The number of nitrogens with zero attached hydrogens (tertiary/aromatic N) is 1. The smallest absolute Gasteiger partial charge is 0.316 e. The molecule has 22 heavy (non-hydrogen) atoms. The largest absolute Gasteiger partial charge is 0.459 e. The quantitative estimate of drug-likeness (QED) is 0.368. The molecule has 2 bridgehead atoms. The second-order valence-electron chi connectivity index (χ2n) is 6.66. The molecule has 1 aliphatic carbocycles. The highest BCUT2D eigenvalue weighted by Crippen LogP contribution is 2.58. The lowest BCUT2D eigenvalue weighted by Gasteiger charge is -2.35. The molecule has 4 aliphatic rings. The van der Waals surface area contributed by atoms with Crippen LogP contribution in [0.25, 0.3) is 0 Å². The first-order valence-corrected chi connectivity index (χ1v) is 11.9. The molecule has 4 rings (SSSR count). The molecule has 0 aromatic rings. The molecule has 0 aromatic carbocycles. The number of rotatable bonds is 3. The third-order valence-corrected chi connectivity index (χ3v) is 10.4. The van der Waals surface area contributed by atoms with Gasteiger partial charge in [0.25, 0.3) is 0 Å². The number of alkyl halides is 1. The minimum Gasteiger partial charge on any atom is -0.459 e. The zero-order valence-corrected chi connectivity index (χ0v) is 16.0. The molecule has 3 heterocycles. The van der Waals surface area contributed by atoms with E-state index in [0.29, 0.717) is 10.8 Å². The fourth-order valence-corrected chi connectivity index (χ4v) is 9.95. The lowest BCUT2D eigenvalue weighted by molar-refractivity contribution is -0.148. The van der Waals surface area contributed by atoms with Gasteiger partial charge in [-0.15, -0.1) is 11.8 Å². The average molecular weight is 457 g/mol. The zero-order valence-electron chi connectivity index (χ0n) is 12.2. The number of esters is 1. The van der Waals surface area contributed by atoms with E-state index in [1.165, 1.54) is 6.42 Å². The highest BCUT2D eigenvalue weighted by Gasteiger charge is 2.69. The highest BCUT2D eigenvalue weighted by atomic mass is 127. The Morgan fingerprint density at radius 3 is 2.68 bits per heavy atom. The summed E-state index contributed by atoms with van der Waals surface area (Å²) in [5.41, 5.74) is 0. The first-order valence-electron chi connectivity index (χ1n) is 7.97. The molecular formula is C14H20INO4S2. The number of carbonyl (C=O) groups excluding carboxylic acids is 1. The molecule has 0 radical (unpaired) electrons. The Morgan fingerprint density at radius 2 is 2.00 bits per heavy atom. The number of thioether (sulfide) groups is 1. The summed E-state index contributed by atoms with van der Waals surface area (Å²) < 4.78 is 33.7. The molecule has 0 spiro atoms. The monoisotopic (exact) mass is 457 g/mol. The van der Waals surface area contributed by atoms with E-state index in [2.05, 4.69) is 0 Å². The molecule has 5 nitrogen and oxygen atoms in total. The van der Waals surface area contributed by atoms with Gasteiger partial charge in [0.1, 0.15) is 6.10 Å². The van der Waals surface area contributed by atoms with Gasteiger partial charge < -0.3 is 4.74 Å². The molecule has 124 valence electrons. The van der Waals surface area contributed by atoms with E-state index in [0.717, 1.165) is 25.7 Å². The van der Waals surface area contributed by atoms with Crippen LogP contribution >= 0.6 is 34.4 Å². The summed E-state index contributed by atoms with van der Waals surface area (Å²) >= 11 is 3.74. The van der Waals surface area contributed by atoms with Crippen molar-refractivity contribution in [2.75, 3.05) is 4.43 Å². The number of halogens is 1. The maximum atomic E-state index is 13.0. The van der Waals surface area contributed by atoms with Gasteiger partial charge in [0.2, 0.25) is 10.0 Å². The third-order valence-electron chi connectivity index (χ3n) is 5.48. The molecule has 5 atom stereocenters. The van der Waals surface area contributed by atoms with E-state index in [1.54, 1.807) is 16.1 Å². The van der Waals surface area contributed by atoms with Crippen molar-refractivity contribution in [3.63, 3.8) is 0 Å². The van der Waals surface area contributed by atoms with Gasteiger partial charge in [-0.05, 0) is 19.3 Å². The predicted octanol–water partition coefficient (Wildman–Crippen LogP) is 1.94. The summed E-state index contributed by atoms with van der Waals surface area (Å²) in [6, 6.07) is 0.00301. The van der Waals surface area contributed by atoms with Gasteiger partial charge in [0, 0.05) is 16.5 Å². The fraction of sp³-hybridized carbons (Fsp3) is 0.929. The summed E-state index contributed by atoms with van der Waals surface area (Å²) in [5.74, 6) is -0.219. The van der Waals surface area contributed by atoms with E-state index in [4.69, 9.17) is 4.74 Å². The van der Waals surface area contributed by atoms with Crippen LogP contribution in [-0.2, 0) is 19.6 Å². The number of hydrogen-bond acceptors (Lipinski definition) is 5. The predicted molar refractivity (Wildman–Crippen MR) is 93.8 cm³/mol. The summed E-state index contributed by atoms with van der Waals surface area (Å²) in [4.78, 5) is 11.8. The number of fused-ring (bicyclic) bond motifs is 1. The molecule has 0 N–H and O–H groups in total. The molecule has 8 heteroatoms. The van der Waals surface area contributed by atoms with Gasteiger partial charge in [0.05, 0.1) is 15.7 Å². The van der Waals surface area contributed by atoms with Gasteiger partial charge in [-0.25, -0.2) is 8.42 Å². The Kier molecular flexibility index (Phi) is 4.18. The zero-order chi connectivity index (χ0) is 15.5. The Bertz CT molecular complexity index is 577. The Balaban J connectivity index is 1.66. The van der Waals surface area contributed by atoms with Crippen molar-refractivity contribution in [3.05, 3.63) is 0 Å². The normalized spacial score (nSPS) is 43.6. The van der Waals surface area contributed by atoms with Crippen LogP contribution in [-0.4, -0.2) is 57.1 Å². The lowest BCUT2D eigenvalue weighted by Crippen LogP contribution is -2.51. The van der Waals surface area contributed by atoms with Gasteiger partial charge in [-0.2, -0.15) is 4.31 Å². The van der Waals surface area contributed by atoms with Crippen molar-refractivity contribution in [3.8, 4) is 0 Å². The molecule has 0 amide bonds. The van der Waals surface area contributed by atoms with Crippen molar-refractivity contribution in [2.45, 2.75) is 72.5 Å². The molecule has 4 fully saturated rings. The molecular weight excluding hydrogens is 437 g/mol. The van der Waals surface area contributed by atoms with E-state index in [9.17, 15) is 13.2 Å². The third kappa shape index (κ3) is 2.27. The maximum absolute atomic E-state index is 13.0. The Hall–Kier alpha value is 0.460. The van der Waals surface area contributed by atoms with Crippen LogP contribution in [0.2, 0.25) is 0 Å². The number of sulfonamides is 1. The van der Waals surface area contributed by atoms with Crippen molar-refractivity contribution in [1.82, 2.24) is 4.31 Å². The van der Waals surface area contributed by atoms with Crippen molar-refractivity contribution in [2.24, 2.45) is 0 Å². The van der Waals surface area contributed by atoms with Gasteiger partial charge in [-0.1, -0.05) is 41.9 Å². The average Bonchev–Trinajstić information content (AvgIpc) is 3.12. The molecule has 5 unspecified atom stereocenters. The second-order valence-corrected chi connectivity index (χ2v) is 10.9.